The van der Waals surface area contributed by atoms with Crippen molar-refractivity contribution < 1.29 is 9.84 Å². The molecule has 0 aromatic heterocycles. The zero-order valence-corrected chi connectivity index (χ0v) is 12.4. The molecule has 0 aliphatic heterocycles. The Morgan fingerprint density at radius 3 is 2.83 bits per heavy atom. The zero-order valence-electron chi connectivity index (χ0n) is 12.4. The fraction of sp³-hybridized carbons (Fsp3) is 1.00. The number of nitrogens with one attached hydrogen (secondary N) is 1. The van der Waals surface area contributed by atoms with Gasteiger partial charge in [0.15, 0.2) is 0 Å². The molecule has 0 heterocycles. The molecular formula is C15H31NO2. The molecule has 0 amide bonds. The number of hydrogen-bond acceptors (Lipinski definition) is 3. The summed E-state index contributed by atoms with van der Waals surface area (Å²) in [6, 6.07) is 0. The third-order valence-electron chi connectivity index (χ3n) is 4.41. The van der Waals surface area contributed by atoms with E-state index in [1.165, 1.54) is 12.8 Å². The molecule has 3 atom stereocenters. The minimum Gasteiger partial charge on any atom is -0.394 e. The van der Waals surface area contributed by atoms with Gasteiger partial charge in [-0.05, 0) is 51.5 Å². The zero-order chi connectivity index (χ0) is 13.4. The summed E-state index contributed by atoms with van der Waals surface area (Å²) in [7, 11) is 0. The normalized spacial score (nSPS) is 29.7. The Balaban J connectivity index is 2.41. The first kappa shape index (κ1) is 15.9. The first-order valence-electron chi connectivity index (χ1n) is 7.66. The smallest absolute Gasteiger partial charge is 0.0616 e. The van der Waals surface area contributed by atoms with Gasteiger partial charge in [-0.25, -0.2) is 0 Å². The highest BCUT2D eigenvalue weighted by Gasteiger charge is 2.41. The van der Waals surface area contributed by atoms with E-state index in [1.54, 1.807) is 0 Å². The van der Waals surface area contributed by atoms with Gasteiger partial charge >= 0.3 is 0 Å². The van der Waals surface area contributed by atoms with E-state index in [4.69, 9.17) is 4.74 Å². The van der Waals surface area contributed by atoms with Crippen LogP contribution in [0.3, 0.4) is 0 Å². The second-order valence-corrected chi connectivity index (χ2v) is 5.71. The average molecular weight is 257 g/mol. The van der Waals surface area contributed by atoms with Gasteiger partial charge in [0.1, 0.15) is 0 Å². The van der Waals surface area contributed by atoms with E-state index in [-0.39, 0.29) is 12.1 Å². The molecule has 0 aromatic rings. The SMILES string of the molecule is CCCNC1(CO)CCCC1CCOC(C)CC. The molecule has 3 nitrogen and oxygen atoms in total. The average Bonchev–Trinajstić information content (AvgIpc) is 2.80. The molecule has 3 unspecified atom stereocenters. The Kier molecular flexibility index (Phi) is 7.20. The van der Waals surface area contributed by atoms with Crippen molar-refractivity contribution in [2.24, 2.45) is 5.92 Å². The van der Waals surface area contributed by atoms with Gasteiger partial charge in [-0.3, -0.25) is 0 Å². The van der Waals surface area contributed by atoms with Crippen molar-refractivity contribution in [3.63, 3.8) is 0 Å². The minimum atomic E-state index is -0.0329. The third-order valence-corrected chi connectivity index (χ3v) is 4.41. The fourth-order valence-electron chi connectivity index (χ4n) is 2.97. The molecule has 1 aliphatic rings. The van der Waals surface area contributed by atoms with Gasteiger partial charge in [0, 0.05) is 12.1 Å². The van der Waals surface area contributed by atoms with E-state index in [0.717, 1.165) is 38.8 Å². The highest BCUT2D eigenvalue weighted by molar-refractivity contribution is 4.98. The van der Waals surface area contributed by atoms with Crippen LogP contribution in [0, 0.1) is 5.92 Å². The van der Waals surface area contributed by atoms with Crippen LogP contribution in [-0.2, 0) is 4.74 Å². The molecule has 1 rings (SSSR count). The van der Waals surface area contributed by atoms with Crippen molar-refractivity contribution in [3.8, 4) is 0 Å². The fourth-order valence-corrected chi connectivity index (χ4v) is 2.97. The molecule has 1 fully saturated rings. The highest BCUT2D eigenvalue weighted by Crippen LogP contribution is 2.37. The number of rotatable bonds is 9. The van der Waals surface area contributed by atoms with Crippen molar-refractivity contribution in [1.82, 2.24) is 5.32 Å². The Bertz CT molecular complexity index is 223. The monoisotopic (exact) mass is 257 g/mol. The minimum absolute atomic E-state index is 0.0329. The molecular weight excluding hydrogens is 226 g/mol. The predicted octanol–water partition coefficient (Wildman–Crippen LogP) is 2.72. The van der Waals surface area contributed by atoms with E-state index in [1.807, 2.05) is 0 Å². The van der Waals surface area contributed by atoms with Gasteiger partial charge in [0.05, 0.1) is 12.7 Å². The molecule has 3 heteroatoms. The first-order valence-corrected chi connectivity index (χ1v) is 7.66. The van der Waals surface area contributed by atoms with Gasteiger partial charge < -0.3 is 15.2 Å². The maximum absolute atomic E-state index is 9.76. The van der Waals surface area contributed by atoms with E-state index < -0.39 is 0 Å². The molecule has 108 valence electrons. The third kappa shape index (κ3) is 4.22. The lowest BCUT2D eigenvalue weighted by atomic mass is 9.85. The quantitative estimate of drug-likeness (QED) is 0.667. The van der Waals surface area contributed by atoms with E-state index in [9.17, 15) is 5.11 Å². The molecule has 0 radical (unpaired) electrons. The molecule has 0 bridgehead atoms. The standard InChI is InChI=1S/C15H31NO2/c1-4-10-16-15(12-17)9-6-7-14(15)8-11-18-13(3)5-2/h13-14,16-17H,4-12H2,1-3H3. The largest absolute Gasteiger partial charge is 0.394 e. The maximum atomic E-state index is 9.76. The van der Waals surface area contributed by atoms with Crippen LogP contribution in [0.1, 0.15) is 59.3 Å². The van der Waals surface area contributed by atoms with Crippen LogP contribution in [0.2, 0.25) is 0 Å². The molecule has 1 aliphatic carbocycles. The van der Waals surface area contributed by atoms with E-state index in [0.29, 0.717) is 12.0 Å². The van der Waals surface area contributed by atoms with Crippen LogP contribution in [-0.4, -0.2) is 36.5 Å². The van der Waals surface area contributed by atoms with Crippen LogP contribution < -0.4 is 5.32 Å². The first-order chi connectivity index (χ1) is 8.68. The molecule has 1 saturated carbocycles. The van der Waals surface area contributed by atoms with Crippen molar-refractivity contribution in [2.75, 3.05) is 19.8 Å². The summed E-state index contributed by atoms with van der Waals surface area (Å²) in [5.74, 6) is 0.568. The summed E-state index contributed by atoms with van der Waals surface area (Å²) in [5, 5.41) is 13.4. The number of aliphatic hydroxyl groups excluding tert-OH is 1. The predicted molar refractivity (Wildman–Crippen MR) is 75.8 cm³/mol. The van der Waals surface area contributed by atoms with Gasteiger partial charge in [-0.2, -0.15) is 0 Å². The molecule has 0 saturated heterocycles. The van der Waals surface area contributed by atoms with Gasteiger partial charge in [0.25, 0.3) is 0 Å². The van der Waals surface area contributed by atoms with Crippen molar-refractivity contribution >= 4 is 0 Å². The molecule has 0 spiro atoms. The van der Waals surface area contributed by atoms with Crippen LogP contribution in [0.5, 0.6) is 0 Å². The summed E-state index contributed by atoms with van der Waals surface area (Å²) < 4.78 is 5.79. The molecule has 0 aromatic carbocycles. The van der Waals surface area contributed by atoms with Crippen LogP contribution >= 0.6 is 0 Å². The van der Waals surface area contributed by atoms with Crippen LogP contribution in [0.15, 0.2) is 0 Å². The van der Waals surface area contributed by atoms with E-state index >= 15 is 0 Å². The molecule has 2 N–H and O–H groups in total. The summed E-state index contributed by atoms with van der Waals surface area (Å²) in [6.07, 6.45) is 7.19. The Morgan fingerprint density at radius 1 is 1.44 bits per heavy atom. The summed E-state index contributed by atoms with van der Waals surface area (Å²) in [5.41, 5.74) is -0.0329. The van der Waals surface area contributed by atoms with Crippen molar-refractivity contribution in [2.45, 2.75) is 70.9 Å². The van der Waals surface area contributed by atoms with Gasteiger partial charge in [-0.15, -0.1) is 0 Å². The number of ether oxygens (including phenoxy) is 1. The maximum Gasteiger partial charge on any atom is 0.0616 e. The second-order valence-electron chi connectivity index (χ2n) is 5.71. The Labute approximate surface area is 112 Å². The summed E-state index contributed by atoms with van der Waals surface area (Å²) in [4.78, 5) is 0. The number of aliphatic hydroxyl groups is 1. The Hall–Kier alpha value is -0.120. The molecule has 18 heavy (non-hydrogen) atoms. The van der Waals surface area contributed by atoms with Gasteiger partial charge in [-0.1, -0.05) is 20.3 Å². The van der Waals surface area contributed by atoms with Crippen LogP contribution in [0.25, 0.3) is 0 Å². The topological polar surface area (TPSA) is 41.5 Å². The highest BCUT2D eigenvalue weighted by atomic mass is 16.5. The lowest BCUT2D eigenvalue weighted by Gasteiger charge is -2.35. The lowest BCUT2D eigenvalue weighted by molar-refractivity contribution is 0.0385. The summed E-state index contributed by atoms with van der Waals surface area (Å²) >= 11 is 0. The van der Waals surface area contributed by atoms with E-state index in [2.05, 4.69) is 26.1 Å². The van der Waals surface area contributed by atoms with Crippen molar-refractivity contribution in [3.05, 3.63) is 0 Å². The van der Waals surface area contributed by atoms with Crippen LogP contribution in [0.4, 0.5) is 0 Å². The second kappa shape index (κ2) is 8.13. The lowest BCUT2D eigenvalue weighted by Crippen LogP contribution is -2.52. The number of hydrogen-bond donors (Lipinski definition) is 2. The summed E-state index contributed by atoms with van der Waals surface area (Å²) in [6.45, 7) is 8.55. The van der Waals surface area contributed by atoms with Gasteiger partial charge in [0.2, 0.25) is 0 Å². The Morgan fingerprint density at radius 2 is 2.22 bits per heavy atom. The van der Waals surface area contributed by atoms with Crippen molar-refractivity contribution in [1.29, 1.82) is 0 Å².